The third-order valence-corrected chi connectivity index (χ3v) is 3.36. The van der Waals surface area contributed by atoms with Gasteiger partial charge < -0.3 is 10.2 Å². The van der Waals surface area contributed by atoms with Gasteiger partial charge in [0.05, 0.1) is 0 Å². The van der Waals surface area contributed by atoms with E-state index in [4.69, 9.17) is 0 Å². The van der Waals surface area contributed by atoms with Gasteiger partial charge in [0.1, 0.15) is 0 Å². The first kappa shape index (κ1) is 12.7. The van der Waals surface area contributed by atoms with Crippen molar-refractivity contribution in [1.29, 1.82) is 0 Å². The van der Waals surface area contributed by atoms with Crippen molar-refractivity contribution in [2.45, 2.75) is 33.4 Å². The Balaban J connectivity index is 2.24. The largest absolute Gasteiger partial charge is 0.313 e. The molecule has 0 bridgehead atoms. The van der Waals surface area contributed by atoms with E-state index in [1.165, 1.54) is 11.1 Å². The fourth-order valence-corrected chi connectivity index (χ4v) is 2.31. The number of nitrogens with zero attached hydrogens (tertiary/aromatic N) is 1. The van der Waals surface area contributed by atoms with Crippen molar-refractivity contribution in [2.24, 2.45) is 0 Å². The maximum absolute atomic E-state index is 3.43. The lowest BCUT2D eigenvalue weighted by Crippen LogP contribution is -2.32. The van der Waals surface area contributed by atoms with Crippen LogP contribution in [0.2, 0.25) is 0 Å². The average molecular weight is 226 g/mol. The molecule has 0 aliphatic carbocycles. The summed E-state index contributed by atoms with van der Waals surface area (Å²) in [6, 6.07) is 0.585. The number of hydrogen-bond acceptors (Lipinski definition) is 3. The minimum absolute atomic E-state index is 0.585. The summed E-state index contributed by atoms with van der Waals surface area (Å²) in [6.45, 7) is 9.79. The van der Waals surface area contributed by atoms with Crippen molar-refractivity contribution in [1.82, 2.24) is 10.2 Å². The minimum atomic E-state index is 0.585. The zero-order valence-electron chi connectivity index (χ0n) is 10.2. The summed E-state index contributed by atoms with van der Waals surface area (Å²) in [4.78, 5) is 2.37. The lowest BCUT2D eigenvalue weighted by molar-refractivity contribution is 0.320. The van der Waals surface area contributed by atoms with E-state index >= 15 is 0 Å². The molecule has 1 heterocycles. The van der Waals surface area contributed by atoms with Gasteiger partial charge in [-0.25, -0.2) is 0 Å². The van der Waals surface area contributed by atoms with Crippen LogP contribution in [-0.4, -0.2) is 31.1 Å². The fourth-order valence-electron chi connectivity index (χ4n) is 1.46. The van der Waals surface area contributed by atoms with Crippen LogP contribution in [0.4, 0.5) is 0 Å². The Morgan fingerprint density at radius 3 is 2.67 bits per heavy atom. The second kappa shape index (κ2) is 6.26. The number of aryl methyl sites for hydroxylation is 1. The van der Waals surface area contributed by atoms with E-state index < -0.39 is 0 Å². The van der Waals surface area contributed by atoms with E-state index in [1.807, 2.05) is 0 Å². The molecular weight excluding hydrogens is 204 g/mol. The summed E-state index contributed by atoms with van der Waals surface area (Å²) in [5.41, 5.74) is 2.88. The highest BCUT2D eigenvalue weighted by Crippen LogP contribution is 2.14. The highest BCUT2D eigenvalue weighted by atomic mass is 32.1. The molecule has 0 aliphatic heterocycles. The number of rotatable bonds is 6. The highest BCUT2D eigenvalue weighted by molar-refractivity contribution is 7.08. The molecular formula is C12H22N2S. The highest BCUT2D eigenvalue weighted by Gasteiger charge is 2.03. The summed E-state index contributed by atoms with van der Waals surface area (Å²) in [5.74, 6) is 0. The molecule has 0 amide bonds. The van der Waals surface area contributed by atoms with Crippen LogP contribution in [0.5, 0.6) is 0 Å². The third-order valence-electron chi connectivity index (χ3n) is 2.45. The van der Waals surface area contributed by atoms with Crippen LogP contribution < -0.4 is 5.32 Å². The molecule has 1 aromatic heterocycles. The minimum Gasteiger partial charge on any atom is -0.313 e. The van der Waals surface area contributed by atoms with E-state index in [1.54, 1.807) is 11.3 Å². The second-order valence-corrected chi connectivity index (χ2v) is 5.17. The van der Waals surface area contributed by atoms with Crippen molar-refractivity contribution >= 4 is 11.3 Å². The van der Waals surface area contributed by atoms with Crippen molar-refractivity contribution in [3.8, 4) is 0 Å². The fraction of sp³-hybridized carbons (Fsp3) is 0.667. The Hall–Kier alpha value is -0.380. The van der Waals surface area contributed by atoms with E-state index in [9.17, 15) is 0 Å². The molecule has 1 rings (SSSR count). The number of nitrogens with one attached hydrogen (secondary N) is 1. The predicted molar refractivity (Wildman–Crippen MR) is 68.5 cm³/mol. The van der Waals surface area contributed by atoms with Crippen molar-refractivity contribution in [3.05, 3.63) is 21.9 Å². The van der Waals surface area contributed by atoms with Gasteiger partial charge in [0, 0.05) is 25.7 Å². The van der Waals surface area contributed by atoms with E-state index in [0.717, 1.165) is 19.6 Å². The maximum atomic E-state index is 3.43. The van der Waals surface area contributed by atoms with Gasteiger partial charge in [-0.2, -0.15) is 11.3 Å². The maximum Gasteiger partial charge on any atom is 0.0242 e. The standard InChI is InChI=1S/C12H22N2S/c1-10(2)13-5-6-14(4)7-12-9-15-8-11(12)3/h8-10,13H,5-7H2,1-4H3. The van der Waals surface area contributed by atoms with Crippen LogP contribution in [0, 0.1) is 6.92 Å². The number of thiophene rings is 1. The van der Waals surface area contributed by atoms with Crippen molar-refractivity contribution in [3.63, 3.8) is 0 Å². The molecule has 3 heteroatoms. The molecule has 0 atom stereocenters. The van der Waals surface area contributed by atoms with Crippen LogP contribution in [0.15, 0.2) is 10.8 Å². The van der Waals surface area contributed by atoms with Crippen LogP contribution in [0.25, 0.3) is 0 Å². The lowest BCUT2D eigenvalue weighted by atomic mass is 10.2. The topological polar surface area (TPSA) is 15.3 Å². The van der Waals surface area contributed by atoms with Gasteiger partial charge in [0.2, 0.25) is 0 Å². The van der Waals surface area contributed by atoms with Crippen molar-refractivity contribution in [2.75, 3.05) is 20.1 Å². The van der Waals surface area contributed by atoms with Gasteiger partial charge in [-0.1, -0.05) is 13.8 Å². The Bertz CT molecular complexity index is 281. The van der Waals surface area contributed by atoms with Crippen molar-refractivity contribution < 1.29 is 0 Å². The van der Waals surface area contributed by atoms with Gasteiger partial charge in [-0.3, -0.25) is 0 Å². The summed E-state index contributed by atoms with van der Waals surface area (Å²) < 4.78 is 0. The molecule has 15 heavy (non-hydrogen) atoms. The lowest BCUT2D eigenvalue weighted by Gasteiger charge is -2.17. The summed E-state index contributed by atoms with van der Waals surface area (Å²) in [7, 11) is 2.18. The third kappa shape index (κ3) is 4.78. The van der Waals surface area contributed by atoms with Gasteiger partial charge >= 0.3 is 0 Å². The molecule has 2 nitrogen and oxygen atoms in total. The summed E-state index contributed by atoms with van der Waals surface area (Å²) >= 11 is 1.79. The van der Waals surface area contributed by atoms with Crippen LogP contribution in [0.1, 0.15) is 25.0 Å². The first-order chi connectivity index (χ1) is 7.09. The zero-order valence-corrected chi connectivity index (χ0v) is 11.0. The quantitative estimate of drug-likeness (QED) is 0.802. The Morgan fingerprint density at radius 1 is 1.40 bits per heavy atom. The molecule has 0 spiro atoms. The molecule has 0 unspecified atom stereocenters. The predicted octanol–water partition coefficient (Wildman–Crippen LogP) is 2.49. The molecule has 0 saturated heterocycles. The number of likely N-dealkylation sites (N-methyl/N-ethyl adjacent to an activating group) is 1. The van der Waals surface area contributed by atoms with E-state index in [2.05, 4.69) is 48.8 Å². The molecule has 0 fully saturated rings. The first-order valence-electron chi connectivity index (χ1n) is 5.53. The van der Waals surface area contributed by atoms with Gasteiger partial charge in [0.15, 0.2) is 0 Å². The summed E-state index contributed by atoms with van der Waals surface area (Å²) in [5, 5.41) is 7.90. The molecule has 0 aliphatic rings. The first-order valence-corrected chi connectivity index (χ1v) is 6.47. The molecule has 0 aromatic carbocycles. The number of hydrogen-bond donors (Lipinski definition) is 1. The Labute approximate surface area is 97.3 Å². The molecule has 1 aromatic rings. The molecule has 86 valence electrons. The van der Waals surface area contributed by atoms with E-state index in [-0.39, 0.29) is 0 Å². The SMILES string of the molecule is Cc1cscc1CN(C)CCNC(C)C. The molecule has 0 saturated carbocycles. The second-order valence-electron chi connectivity index (χ2n) is 4.43. The van der Waals surface area contributed by atoms with Gasteiger partial charge in [-0.05, 0) is 35.9 Å². The summed E-state index contributed by atoms with van der Waals surface area (Å²) in [6.07, 6.45) is 0. The van der Waals surface area contributed by atoms with Gasteiger partial charge in [-0.15, -0.1) is 0 Å². The van der Waals surface area contributed by atoms with Crippen LogP contribution in [-0.2, 0) is 6.54 Å². The molecule has 0 radical (unpaired) electrons. The molecule has 1 N–H and O–H groups in total. The normalized spacial score (nSPS) is 11.6. The van der Waals surface area contributed by atoms with E-state index in [0.29, 0.717) is 6.04 Å². The van der Waals surface area contributed by atoms with Crippen LogP contribution in [0.3, 0.4) is 0 Å². The Kier molecular flexibility index (Phi) is 5.29. The van der Waals surface area contributed by atoms with Gasteiger partial charge in [0.25, 0.3) is 0 Å². The Morgan fingerprint density at radius 2 is 2.13 bits per heavy atom. The monoisotopic (exact) mass is 226 g/mol. The van der Waals surface area contributed by atoms with Crippen LogP contribution >= 0.6 is 11.3 Å². The zero-order chi connectivity index (χ0) is 11.3. The smallest absolute Gasteiger partial charge is 0.0242 e. The average Bonchev–Trinajstić information content (AvgIpc) is 2.51.